The summed E-state index contributed by atoms with van der Waals surface area (Å²) in [5.41, 5.74) is -1.88. The molecule has 1 N–H and O–H groups in total. The fraction of sp³-hybridized carbons (Fsp3) is 0.882. The second-order valence-electron chi connectivity index (χ2n) is 8.13. The molecule has 0 unspecified atom stereocenters. The zero-order valence-electron chi connectivity index (χ0n) is 15.4. The lowest BCUT2D eigenvalue weighted by Crippen LogP contribution is -2.58. The average molecular weight is 329 g/mol. The molecule has 6 heteroatoms. The van der Waals surface area contributed by atoms with Crippen LogP contribution in [0.1, 0.15) is 67.2 Å². The van der Waals surface area contributed by atoms with Crippen LogP contribution in [0.25, 0.3) is 0 Å². The van der Waals surface area contributed by atoms with E-state index in [1.165, 1.54) is 7.11 Å². The van der Waals surface area contributed by atoms with E-state index >= 15 is 0 Å². The lowest BCUT2D eigenvalue weighted by atomic mass is 9.80. The van der Waals surface area contributed by atoms with Crippen molar-refractivity contribution in [2.45, 2.75) is 90.1 Å². The van der Waals surface area contributed by atoms with Crippen LogP contribution >= 0.6 is 0 Å². The highest BCUT2D eigenvalue weighted by atomic mass is 16.6. The Morgan fingerprint density at radius 2 is 1.52 bits per heavy atom. The number of hydrogen-bond acceptors (Lipinski definition) is 5. The third-order valence-electron chi connectivity index (χ3n) is 3.62. The molecule has 1 aliphatic rings. The Morgan fingerprint density at radius 1 is 1.00 bits per heavy atom. The zero-order chi connectivity index (χ0) is 17.9. The van der Waals surface area contributed by atoms with Gasteiger partial charge in [0.05, 0.1) is 18.8 Å². The maximum absolute atomic E-state index is 12.2. The van der Waals surface area contributed by atoms with Crippen LogP contribution in [0.2, 0.25) is 0 Å². The van der Waals surface area contributed by atoms with Gasteiger partial charge >= 0.3 is 12.1 Å². The fourth-order valence-electron chi connectivity index (χ4n) is 2.78. The van der Waals surface area contributed by atoms with Gasteiger partial charge in [-0.1, -0.05) is 0 Å². The average Bonchev–Trinajstić information content (AvgIpc) is 2.36. The molecule has 23 heavy (non-hydrogen) atoms. The molecule has 0 aromatic carbocycles. The molecule has 134 valence electrons. The molecule has 1 fully saturated rings. The lowest BCUT2D eigenvalue weighted by molar-refractivity contribution is -0.153. The molecule has 0 spiro atoms. The van der Waals surface area contributed by atoms with Gasteiger partial charge < -0.3 is 19.5 Å². The van der Waals surface area contributed by atoms with Gasteiger partial charge in [0.25, 0.3) is 0 Å². The van der Waals surface area contributed by atoms with E-state index in [9.17, 15) is 9.59 Å². The van der Waals surface area contributed by atoms with Crippen LogP contribution in [0.15, 0.2) is 0 Å². The van der Waals surface area contributed by atoms with Crippen molar-refractivity contribution in [1.29, 1.82) is 0 Å². The third kappa shape index (κ3) is 6.37. The molecule has 0 saturated heterocycles. The first-order chi connectivity index (χ1) is 10.4. The van der Waals surface area contributed by atoms with Crippen LogP contribution in [0.5, 0.6) is 0 Å². The Bertz CT molecular complexity index is 425. The Morgan fingerprint density at radius 3 is 1.91 bits per heavy atom. The van der Waals surface area contributed by atoms with Gasteiger partial charge in [0, 0.05) is 0 Å². The molecule has 1 rings (SSSR count). The Hall–Kier alpha value is -1.30. The molecule has 1 saturated carbocycles. The lowest BCUT2D eigenvalue weighted by Gasteiger charge is -2.40. The van der Waals surface area contributed by atoms with Crippen LogP contribution in [0.4, 0.5) is 4.79 Å². The second kappa shape index (κ2) is 7.07. The van der Waals surface area contributed by atoms with Crippen molar-refractivity contribution in [3.63, 3.8) is 0 Å². The van der Waals surface area contributed by atoms with Crippen molar-refractivity contribution >= 4 is 12.1 Å². The van der Waals surface area contributed by atoms with E-state index in [-0.39, 0.29) is 11.7 Å². The first-order valence-electron chi connectivity index (χ1n) is 8.14. The number of rotatable bonds is 3. The topological polar surface area (TPSA) is 73.9 Å². The largest absolute Gasteiger partial charge is 0.467 e. The molecule has 0 atom stereocenters. The first-order valence-corrected chi connectivity index (χ1v) is 8.14. The van der Waals surface area contributed by atoms with Crippen molar-refractivity contribution in [1.82, 2.24) is 5.32 Å². The number of carbonyl (C=O) groups is 2. The fourth-order valence-corrected chi connectivity index (χ4v) is 2.78. The standard InChI is InChI=1S/C17H31NO5/c1-15(2,3)22-12-8-10-17(11-9-12,13(19)21-7)18-14(20)23-16(4,5)6/h12H,8-11H2,1-7H3,(H,18,20). The van der Waals surface area contributed by atoms with E-state index in [1.54, 1.807) is 20.8 Å². The summed E-state index contributed by atoms with van der Waals surface area (Å²) in [5, 5.41) is 2.73. The van der Waals surface area contributed by atoms with Crippen LogP contribution < -0.4 is 5.32 Å². The Labute approximate surface area is 139 Å². The van der Waals surface area contributed by atoms with Gasteiger partial charge in [-0.05, 0) is 67.2 Å². The summed E-state index contributed by atoms with van der Waals surface area (Å²) < 4.78 is 16.2. The summed E-state index contributed by atoms with van der Waals surface area (Å²) in [5.74, 6) is -0.433. The van der Waals surface area contributed by atoms with Gasteiger partial charge in [-0.15, -0.1) is 0 Å². The Kier molecular flexibility index (Phi) is 6.07. The van der Waals surface area contributed by atoms with Crippen molar-refractivity contribution in [2.75, 3.05) is 7.11 Å². The summed E-state index contributed by atoms with van der Waals surface area (Å²) in [6.45, 7) is 11.4. The van der Waals surface area contributed by atoms with Crippen molar-refractivity contribution in [3.8, 4) is 0 Å². The quantitative estimate of drug-likeness (QED) is 0.805. The zero-order valence-corrected chi connectivity index (χ0v) is 15.4. The van der Waals surface area contributed by atoms with Gasteiger partial charge in [0.1, 0.15) is 11.1 Å². The monoisotopic (exact) mass is 329 g/mol. The van der Waals surface area contributed by atoms with Crippen molar-refractivity contribution < 1.29 is 23.8 Å². The number of methoxy groups -OCH3 is 1. The normalized spacial score (nSPS) is 25.6. The van der Waals surface area contributed by atoms with Gasteiger partial charge in [-0.3, -0.25) is 0 Å². The van der Waals surface area contributed by atoms with Crippen molar-refractivity contribution in [3.05, 3.63) is 0 Å². The number of amides is 1. The van der Waals surface area contributed by atoms with Crippen LogP contribution in [-0.2, 0) is 19.0 Å². The van der Waals surface area contributed by atoms with Crippen LogP contribution in [-0.4, -0.2) is 42.0 Å². The molecule has 0 bridgehead atoms. The van der Waals surface area contributed by atoms with E-state index in [1.807, 2.05) is 20.8 Å². The summed E-state index contributed by atoms with van der Waals surface area (Å²) in [6.07, 6.45) is 1.79. The number of esters is 1. The minimum atomic E-state index is -1.03. The van der Waals surface area contributed by atoms with E-state index < -0.39 is 23.2 Å². The van der Waals surface area contributed by atoms with E-state index in [0.717, 1.165) is 0 Å². The summed E-state index contributed by atoms with van der Waals surface area (Å²) in [7, 11) is 1.33. The maximum atomic E-state index is 12.2. The first kappa shape index (κ1) is 19.7. The predicted octanol–water partition coefficient (Wildman–Crippen LogP) is 3.18. The molecular formula is C17H31NO5. The summed E-state index contributed by atoms with van der Waals surface area (Å²) in [4.78, 5) is 24.3. The number of nitrogens with one attached hydrogen (secondary N) is 1. The molecule has 1 amide bonds. The van der Waals surface area contributed by atoms with E-state index in [2.05, 4.69) is 5.32 Å². The molecule has 0 aliphatic heterocycles. The minimum Gasteiger partial charge on any atom is -0.467 e. The molecule has 1 aliphatic carbocycles. The molecule has 0 aromatic heterocycles. The summed E-state index contributed by atoms with van der Waals surface area (Å²) in [6, 6.07) is 0. The SMILES string of the molecule is COC(=O)C1(NC(=O)OC(C)(C)C)CCC(OC(C)(C)C)CC1. The molecule has 6 nitrogen and oxygen atoms in total. The molecule has 0 radical (unpaired) electrons. The highest BCUT2D eigenvalue weighted by Crippen LogP contribution is 2.33. The van der Waals surface area contributed by atoms with Crippen LogP contribution in [0.3, 0.4) is 0 Å². The smallest absolute Gasteiger partial charge is 0.408 e. The number of ether oxygens (including phenoxy) is 3. The maximum Gasteiger partial charge on any atom is 0.408 e. The molecule has 0 heterocycles. The number of alkyl carbamates (subject to hydrolysis) is 1. The van der Waals surface area contributed by atoms with Gasteiger partial charge in [-0.2, -0.15) is 0 Å². The highest BCUT2D eigenvalue weighted by Gasteiger charge is 2.45. The van der Waals surface area contributed by atoms with E-state index in [0.29, 0.717) is 25.7 Å². The van der Waals surface area contributed by atoms with Gasteiger partial charge in [0.2, 0.25) is 0 Å². The van der Waals surface area contributed by atoms with Gasteiger partial charge in [0.15, 0.2) is 0 Å². The molecule has 0 aromatic rings. The predicted molar refractivity (Wildman–Crippen MR) is 87.2 cm³/mol. The van der Waals surface area contributed by atoms with Crippen LogP contribution in [0, 0.1) is 0 Å². The van der Waals surface area contributed by atoms with E-state index in [4.69, 9.17) is 14.2 Å². The minimum absolute atomic E-state index is 0.0771. The third-order valence-corrected chi connectivity index (χ3v) is 3.62. The van der Waals surface area contributed by atoms with Gasteiger partial charge in [-0.25, -0.2) is 9.59 Å². The summed E-state index contributed by atoms with van der Waals surface area (Å²) >= 11 is 0. The molecular weight excluding hydrogens is 298 g/mol. The second-order valence-corrected chi connectivity index (χ2v) is 8.13. The number of hydrogen-bond donors (Lipinski definition) is 1. The Balaban J connectivity index is 2.76. The van der Waals surface area contributed by atoms with Crippen molar-refractivity contribution in [2.24, 2.45) is 0 Å². The number of carbonyl (C=O) groups excluding carboxylic acids is 2. The highest BCUT2D eigenvalue weighted by molar-refractivity contribution is 5.86.